The van der Waals surface area contributed by atoms with E-state index in [4.69, 9.17) is 13.9 Å². The fraction of sp³-hybridized carbons (Fsp3) is 0.304. The van der Waals surface area contributed by atoms with E-state index in [-0.39, 0.29) is 12.6 Å². The molecule has 1 radical (unpaired) electrons. The van der Waals surface area contributed by atoms with Gasteiger partial charge in [-0.25, -0.2) is 9.78 Å². The van der Waals surface area contributed by atoms with E-state index in [9.17, 15) is 4.79 Å². The number of amides is 1. The molecule has 1 N–H and O–H groups in total. The fourth-order valence-electron chi connectivity index (χ4n) is 2.70. The minimum atomic E-state index is -0.449. The predicted molar refractivity (Wildman–Crippen MR) is 110 cm³/mol. The first-order valence-corrected chi connectivity index (χ1v) is 9.60. The van der Waals surface area contributed by atoms with Crippen molar-refractivity contribution in [3.05, 3.63) is 71.6 Å². The minimum Gasteiger partial charge on any atom is -0.493 e. The molecule has 0 aliphatic rings. The molecule has 0 aliphatic carbocycles. The number of hydrogen-bond acceptors (Lipinski definition) is 5. The Labute approximate surface area is 170 Å². The summed E-state index contributed by atoms with van der Waals surface area (Å²) >= 11 is 0. The van der Waals surface area contributed by atoms with Crippen molar-refractivity contribution in [1.82, 2.24) is 10.3 Å². The van der Waals surface area contributed by atoms with E-state index >= 15 is 0 Å². The third kappa shape index (κ3) is 6.10. The number of rotatable bonds is 8. The molecule has 151 valence electrons. The summed E-state index contributed by atoms with van der Waals surface area (Å²) in [6.07, 6.45) is 0.170. The molecular formula is C23H25N2O4. The fourth-order valence-corrected chi connectivity index (χ4v) is 2.70. The molecule has 6 heteroatoms. The molecule has 0 bridgehead atoms. The van der Waals surface area contributed by atoms with E-state index in [1.807, 2.05) is 69.3 Å². The van der Waals surface area contributed by atoms with Crippen LogP contribution in [-0.4, -0.2) is 23.7 Å². The summed E-state index contributed by atoms with van der Waals surface area (Å²) in [5, 5.41) is 2.68. The molecular weight excluding hydrogens is 368 g/mol. The number of carbonyl (C=O) groups is 1. The van der Waals surface area contributed by atoms with Crippen molar-refractivity contribution in [2.24, 2.45) is 0 Å². The van der Waals surface area contributed by atoms with Crippen molar-refractivity contribution >= 4 is 6.09 Å². The van der Waals surface area contributed by atoms with Gasteiger partial charge in [-0.1, -0.05) is 30.3 Å². The molecule has 0 aliphatic heterocycles. The van der Waals surface area contributed by atoms with E-state index in [0.29, 0.717) is 24.7 Å². The summed E-state index contributed by atoms with van der Waals surface area (Å²) in [6, 6.07) is 18.5. The van der Waals surface area contributed by atoms with Crippen LogP contribution in [0.15, 0.2) is 52.9 Å². The van der Waals surface area contributed by atoms with Crippen LogP contribution in [0.2, 0.25) is 0 Å². The molecule has 6 nitrogen and oxygen atoms in total. The summed E-state index contributed by atoms with van der Waals surface area (Å²) in [6.45, 7) is 6.23. The summed E-state index contributed by atoms with van der Waals surface area (Å²) in [5.74, 6) is 2.00. The maximum atomic E-state index is 11.6. The van der Waals surface area contributed by atoms with Gasteiger partial charge in [0.1, 0.15) is 18.1 Å². The molecule has 0 saturated heterocycles. The van der Waals surface area contributed by atoms with Crippen molar-refractivity contribution in [3.8, 4) is 17.2 Å². The molecule has 3 aromatic rings. The van der Waals surface area contributed by atoms with Crippen LogP contribution < -0.4 is 10.1 Å². The Balaban J connectivity index is 1.52. The first kappa shape index (κ1) is 20.5. The average Bonchev–Trinajstić information content (AvgIpc) is 3.08. The van der Waals surface area contributed by atoms with E-state index in [2.05, 4.69) is 16.4 Å². The predicted octanol–water partition coefficient (Wildman–Crippen LogP) is 4.71. The molecule has 1 amide bonds. The lowest BCUT2D eigenvalue weighted by atomic mass is 10.2. The smallest absolute Gasteiger partial charge is 0.407 e. The number of carbonyl (C=O) groups excluding carboxylic acids is 1. The second kappa shape index (κ2) is 9.78. The zero-order chi connectivity index (χ0) is 20.6. The Morgan fingerprint density at radius 2 is 1.97 bits per heavy atom. The third-order valence-corrected chi connectivity index (χ3v) is 4.10. The highest BCUT2D eigenvalue weighted by Gasteiger charge is 2.11. The number of aromatic nitrogens is 1. The van der Waals surface area contributed by atoms with Gasteiger partial charge in [-0.3, -0.25) is 0 Å². The standard InChI is InChI=1S/C23H25N2O4/c1-16(2)24-23(26)28-15-18-8-7-11-20(14-18)27-13-12-21-17(3)29-22(25-21)19-9-5-4-6-10-19/h4-11,16H,12-13,15H2,1-3H3,(H,24,26). The normalized spacial score (nSPS) is 10.8. The number of alkyl carbamates (subject to hydrolysis) is 1. The number of oxazole rings is 1. The maximum Gasteiger partial charge on any atom is 0.407 e. The number of nitrogens with zero attached hydrogens (tertiary/aromatic N) is 1. The summed E-state index contributed by atoms with van der Waals surface area (Å²) < 4.78 is 16.7. The van der Waals surface area contributed by atoms with Crippen molar-refractivity contribution in [2.75, 3.05) is 6.61 Å². The molecule has 29 heavy (non-hydrogen) atoms. The second-order valence-electron chi connectivity index (χ2n) is 6.90. The second-order valence-corrected chi connectivity index (χ2v) is 6.90. The number of hydrogen-bond donors (Lipinski definition) is 1. The highest BCUT2D eigenvalue weighted by Crippen LogP contribution is 2.22. The van der Waals surface area contributed by atoms with E-state index < -0.39 is 6.09 Å². The summed E-state index contributed by atoms with van der Waals surface area (Å²) in [7, 11) is 0. The quantitative estimate of drug-likeness (QED) is 0.600. The number of aryl methyl sites for hydroxylation is 1. The molecule has 3 rings (SSSR count). The van der Waals surface area contributed by atoms with E-state index in [0.717, 1.165) is 22.6 Å². The third-order valence-electron chi connectivity index (χ3n) is 4.10. The Morgan fingerprint density at radius 3 is 2.72 bits per heavy atom. The first-order chi connectivity index (χ1) is 14.0. The van der Waals surface area contributed by atoms with Crippen LogP contribution in [0, 0.1) is 13.0 Å². The van der Waals surface area contributed by atoms with E-state index in [1.165, 1.54) is 0 Å². The molecule has 0 unspecified atom stereocenters. The zero-order valence-electron chi connectivity index (χ0n) is 16.9. The van der Waals surface area contributed by atoms with Gasteiger partial charge in [0.05, 0.1) is 12.3 Å². The minimum absolute atomic E-state index is 0.0311. The largest absolute Gasteiger partial charge is 0.493 e. The molecule has 1 aromatic heterocycles. The maximum absolute atomic E-state index is 11.6. The lowest BCUT2D eigenvalue weighted by Gasteiger charge is -2.10. The van der Waals surface area contributed by atoms with Crippen LogP contribution in [-0.2, 0) is 17.8 Å². The highest BCUT2D eigenvalue weighted by atomic mass is 16.5. The summed E-state index contributed by atoms with van der Waals surface area (Å²) in [5.41, 5.74) is 2.56. The monoisotopic (exact) mass is 393 g/mol. The van der Waals surface area contributed by atoms with Gasteiger partial charge in [0.15, 0.2) is 0 Å². The van der Waals surface area contributed by atoms with Crippen LogP contribution in [0.25, 0.3) is 11.5 Å². The van der Waals surface area contributed by atoms with Gasteiger partial charge in [-0.15, -0.1) is 0 Å². The van der Waals surface area contributed by atoms with Crippen LogP contribution >= 0.6 is 0 Å². The first-order valence-electron chi connectivity index (χ1n) is 9.60. The number of benzene rings is 2. The molecule has 0 saturated carbocycles. The Kier molecular flexibility index (Phi) is 6.89. The van der Waals surface area contributed by atoms with Gasteiger partial charge in [0.2, 0.25) is 5.89 Å². The molecule has 1 heterocycles. The van der Waals surface area contributed by atoms with Crippen LogP contribution in [0.1, 0.15) is 30.9 Å². The number of nitrogens with one attached hydrogen (secondary N) is 1. The van der Waals surface area contributed by atoms with Gasteiger partial charge < -0.3 is 19.2 Å². The average molecular weight is 393 g/mol. The summed E-state index contributed by atoms with van der Waals surface area (Å²) in [4.78, 5) is 16.2. The van der Waals surface area contributed by atoms with Crippen molar-refractivity contribution < 1.29 is 18.7 Å². The molecule has 0 atom stereocenters. The Bertz CT molecular complexity index is 935. The SMILES string of the molecule is Cc1oc(-c2ccccc2)nc1CCOc1[c]c(COC(=O)NC(C)C)ccc1. The van der Waals surface area contributed by atoms with Gasteiger partial charge in [-0.05, 0) is 39.0 Å². The lowest BCUT2D eigenvalue weighted by Crippen LogP contribution is -2.30. The zero-order valence-corrected chi connectivity index (χ0v) is 16.9. The van der Waals surface area contributed by atoms with Crippen LogP contribution in [0.5, 0.6) is 5.75 Å². The Morgan fingerprint density at radius 1 is 1.17 bits per heavy atom. The van der Waals surface area contributed by atoms with Gasteiger partial charge in [0.25, 0.3) is 0 Å². The topological polar surface area (TPSA) is 73.6 Å². The van der Waals surface area contributed by atoms with Gasteiger partial charge >= 0.3 is 6.09 Å². The molecule has 0 fully saturated rings. The van der Waals surface area contributed by atoms with Gasteiger partial charge in [-0.2, -0.15) is 0 Å². The van der Waals surface area contributed by atoms with Crippen LogP contribution in [0.3, 0.4) is 0 Å². The van der Waals surface area contributed by atoms with Crippen molar-refractivity contribution in [2.45, 2.75) is 39.8 Å². The Hall–Kier alpha value is -3.28. The molecule has 0 spiro atoms. The lowest BCUT2D eigenvalue weighted by molar-refractivity contribution is 0.137. The number of ether oxygens (including phenoxy) is 2. The van der Waals surface area contributed by atoms with Gasteiger partial charge in [0, 0.05) is 29.7 Å². The van der Waals surface area contributed by atoms with Crippen molar-refractivity contribution in [3.63, 3.8) is 0 Å². The molecule has 2 aromatic carbocycles. The van der Waals surface area contributed by atoms with Crippen LogP contribution in [0.4, 0.5) is 4.79 Å². The van der Waals surface area contributed by atoms with Crippen molar-refractivity contribution in [1.29, 1.82) is 0 Å². The highest BCUT2D eigenvalue weighted by molar-refractivity contribution is 5.67. The van der Waals surface area contributed by atoms with E-state index in [1.54, 1.807) is 0 Å².